The summed E-state index contributed by atoms with van der Waals surface area (Å²) in [6, 6.07) is 12.8. The van der Waals surface area contributed by atoms with Gasteiger partial charge in [0.15, 0.2) is 13.2 Å². The van der Waals surface area contributed by atoms with Crippen molar-refractivity contribution in [2.24, 2.45) is 0 Å². The highest BCUT2D eigenvalue weighted by Crippen LogP contribution is 2.38. The first-order chi connectivity index (χ1) is 14.5. The largest absolute Gasteiger partial charge is 0.497 e. The molecule has 1 atom stereocenters. The third kappa shape index (κ3) is 5.03. The highest BCUT2D eigenvalue weighted by Gasteiger charge is 2.32. The number of hydrogen-bond acceptors (Lipinski definition) is 6. The van der Waals surface area contributed by atoms with Gasteiger partial charge in [-0.1, -0.05) is 18.2 Å². The molecule has 2 aromatic rings. The third-order valence-corrected chi connectivity index (χ3v) is 5.16. The van der Waals surface area contributed by atoms with Gasteiger partial charge >= 0.3 is 5.97 Å². The monoisotopic (exact) mass is 413 g/mol. The number of esters is 1. The molecule has 1 saturated heterocycles. The standard InChI is InChI=1S/C23H27NO6/c1-16-7-4-5-9-20(16)29-15-23(26)30-14-22(25)24-12-6-8-19(24)18-13-17(27-2)10-11-21(18)28-3/h4-5,7,9-11,13,19H,6,8,12,14-15H2,1-3H3/t19-/m1/s1. The Morgan fingerprint density at radius 2 is 1.83 bits per heavy atom. The Bertz CT molecular complexity index is 897. The van der Waals surface area contributed by atoms with Crippen LogP contribution in [-0.4, -0.2) is 50.8 Å². The number of nitrogens with zero attached hydrogens (tertiary/aromatic N) is 1. The zero-order valence-corrected chi connectivity index (χ0v) is 17.6. The van der Waals surface area contributed by atoms with Crippen LogP contribution in [0, 0.1) is 6.92 Å². The van der Waals surface area contributed by atoms with E-state index in [-0.39, 0.29) is 25.2 Å². The fourth-order valence-corrected chi connectivity index (χ4v) is 3.61. The molecule has 7 nitrogen and oxygen atoms in total. The molecule has 2 aromatic carbocycles. The molecule has 1 aliphatic heterocycles. The van der Waals surface area contributed by atoms with Crippen molar-refractivity contribution in [1.82, 2.24) is 4.90 Å². The molecule has 0 unspecified atom stereocenters. The quantitative estimate of drug-likeness (QED) is 0.618. The Labute approximate surface area is 176 Å². The minimum absolute atomic E-state index is 0.149. The van der Waals surface area contributed by atoms with Crippen LogP contribution in [0.2, 0.25) is 0 Å². The number of ether oxygens (including phenoxy) is 4. The third-order valence-electron chi connectivity index (χ3n) is 5.16. The number of rotatable bonds is 8. The van der Waals surface area contributed by atoms with E-state index in [0.29, 0.717) is 23.8 Å². The lowest BCUT2D eigenvalue weighted by Gasteiger charge is -2.26. The SMILES string of the molecule is COc1ccc(OC)c([C@H]2CCCN2C(=O)COC(=O)COc2ccccc2C)c1. The van der Waals surface area contributed by atoms with E-state index in [4.69, 9.17) is 18.9 Å². The lowest BCUT2D eigenvalue weighted by Crippen LogP contribution is -2.35. The minimum Gasteiger partial charge on any atom is -0.497 e. The number of carbonyl (C=O) groups is 2. The Morgan fingerprint density at radius 1 is 1.03 bits per heavy atom. The van der Waals surface area contributed by atoms with Crippen molar-refractivity contribution in [1.29, 1.82) is 0 Å². The van der Waals surface area contributed by atoms with Crippen LogP contribution in [-0.2, 0) is 14.3 Å². The van der Waals surface area contributed by atoms with Crippen LogP contribution in [0.1, 0.15) is 30.0 Å². The van der Waals surface area contributed by atoms with Crippen LogP contribution < -0.4 is 14.2 Å². The molecule has 1 fully saturated rings. The highest BCUT2D eigenvalue weighted by atomic mass is 16.6. The molecule has 1 amide bonds. The second-order valence-corrected chi connectivity index (χ2v) is 7.07. The Hall–Kier alpha value is -3.22. The van der Waals surface area contributed by atoms with Gasteiger partial charge < -0.3 is 23.8 Å². The first-order valence-corrected chi connectivity index (χ1v) is 9.89. The normalized spacial score (nSPS) is 15.6. The molecule has 0 aromatic heterocycles. The summed E-state index contributed by atoms with van der Waals surface area (Å²) in [4.78, 5) is 26.5. The second kappa shape index (κ2) is 10.0. The zero-order valence-electron chi connectivity index (χ0n) is 17.6. The topological polar surface area (TPSA) is 74.3 Å². The lowest BCUT2D eigenvalue weighted by molar-refractivity contribution is -0.154. The molecule has 0 N–H and O–H groups in total. The molecule has 1 heterocycles. The maximum absolute atomic E-state index is 12.8. The van der Waals surface area contributed by atoms with Crippen molar-refractivity contribution in [2.75, 3.05) is 34.0 Å². The van der Waals surface area contributed by atoms with Gasteiger partial charge in [-0.2, -0.15) is 0 Å². The lowest BCUT2D eigenvalue weighted by atomic mass is 10.0. The number of para-hydroxylation sites is 1. The average Bonchev–Trinajstić information content (AvgIpc) is 3.26. The molecule has 7 heteroatoms. The fraction of sp³-hybridized carbons (Fsp3) is 0.391. The summed E-state index contributed by atoms with van der Waals surface area (Å²) >= 11 is 0. The number of methoxy groups -OCH3 is 2. The molecule has 0 radical (unpaired) electrons. The first kappa shape index (κ1) is 21.5. The van der Waals surface area contributed by atoms with Crippen LogP contribution >= 0.6 is 0 Å². The van der Waals surface area contributed by atoms with Gasteiger partial charge in [0, 0.05) is 12.1 Å². The number of amides is 1. The van der Waals surface area contributed by atoms with E-state index in [1.807, 2.05) is 43.3 Å². The van der Waals surface area contributed by atoms with Crippen molar-refractivity contribution in [3.63, 3.8) is 0 Å². The highest BCUT2D eigenvalue weighted by molar-refractivity contribution is 5.81. The van der Waals surface area contributed by atoms with E-state index in [2.05, 4.69) is 0 Å². The number of aryl methyl sites for hydroxylation is 1. The van der Waals surface area contributed by atoms with Crippen molar-refractivity contribution < 1.29 is 28.5 Å². The maximum Gasteiger partial charge on any atom is 0.344 e. The van der Waals surface area contributed by atoms with Gasteiger partial charge in [0.2, 0.25) is 0 Å². The van der Waals surface area contributed by atoms with Gasteiger partial charge in [0.1, 0.15) is 17.2 Å². The van der Waals surface area contributed by atoms with Crippen molar-refractivity contribution in [2.45, 2.75) is 25.8 Å². The summed E-state index contributed by atoms with van der Waals surface area (Å²) in [5.74, 6) is 1.19. The first-order valence-electron chi connectivity index (χ1n) is 9.89. The molecule has 30 heavy (non-hydrogen) atoms. The number of carbonyl (C=O) groups excluding carboxylic acids is 2. The van der Waals surface area contributed by atoms with Gasteiger partial charge in [0.25, 0.3) is 5.91 Å². The predicted octanol–water partition coefficient (Wildman–Crippen LogP) is 3.30. The molecule has 0 aliphatic carbocycles. The Morgan fingerprint density at radius 3 is 2.57 bits per heavy atom. The van der Waals surface area contributed by atoms with Crippen LogP contribution in [0.4, 0.5) is 0 Å². The summed E-state index contributed by atoms with van der Waals surface area (Å²) in [5.41, 5.74) is 1.81. The van der Waals surface area contributed by atoms with Crippen molar-refractivity contribution >= 4 is 11.9 Å². The van der Waals surface area contributed by atoms with Gasteiger partial charge in [-0.05, 0) is 49.6 Å². The van der Waals surface area contributed by atoms with Crippen molar-refractivity contribution in [3.05, 3.63) is 53.6 Å². The number of hydrogen-bond donors (Lipinski definition) is 0. The van der Waals surface area contributed by atoms with Crippen molar-refractivity contribution in [3.8, 4) is 17.2 Å². The summed E-state index contributed by atoms with van der Waals surface area (Å²) in [5, 5.41) is 0. The number of likely N-dealkylation sites (tertiary alicyclic amines) is 1. The van der Waals surface area contributed by atoms with Gasteiger partial charge in [-0.15, -0.1) is 0 Å². The van der Waals surface area contributed by atoms with E-state index >= 15 is 0 Å². The predicted molar refractivity (Wildman–Crippen MR) is 111 cm³/mol. The van der Waals surface area contributed by atoms with Gasteiger partial charge in [0.05, 0.1) is 20.3 Å². The van der Waals surface area contributed by atoms with Crippen LogP contribution in [0.25, 0.3) is 0 Å². The summed E-state index contributed by atoms with van der Waals surface area (Å²) < 4.78 is 21.4. The molecular weight excluding hydrogens is 386 g/mol. The summed E-state index contributed by atoms with van der Waals surface area (Å²) in [6.07, 6.45) is 1.67. The van der Waals surface area contributed by atoms with Gasteiger partial charge in [-0.25, -0.2) is 4.79 Å². The molecule has 0 saturated carbocycles. The average molecular weight is 413 g/mol. The Kier molecular flexibility index (Phi) is 7.17. The van der Waals surface area contributed by atoms with E-state index in [1.54, 1.807) is 25.2 Å². The molecule has 160 valence electrons. The van der Waals surface area contributed by atoms with Crippen LogP contribution in [0.3, 0.4) is 0 Å². The molecular formula is C23H27NO6. The zero-order chi connectivity index (χ0) is 21.5. The minimum atomic E-state index is -0.582. The van der Waals surface area contributed by atoms with E-state index in [9.17, 15) is 9.59 Å². The molecule has 1 aliphatic rings. The molecule has 0 spiro atoms. The van der Waals surface area contributed by atoms with Gasteiger partial charge in [-0.3, -0.25) is 4.79 Å². The number of benzene rings is 2. The maximum atomic E-state index is 12.8. The van der Waals surface area contributed by atoms with E-state index in [1.165, 1.54) is 0 Å². The summed E-state index contributed by atoms with van der Waals surface area (Å²) in [7, 11) is 3.20. The summed E-state index contributed by atoms with van der Waals surface area (Å²) in [6.45, 7) is 1.93. The fourth-order valence-electron chi connectivity index (χ4n) is 3.61. The second-order valence-electron chi connectivity index (χ2n) is 7.07. The Balaban J connectivity index is 1.58. The van der Waals surface area contributed by atoms with E-state index < -0.39 is 5.97 Å². The molecule has 3 rings (SSSR count). The van der Waals surface area contributed by atoms with Crippen LogP contribution in [0.15, 0.2) is 42.5 Å². The van der Waals surface area contributed by atoms with E-state index in [0.717, 1.165) is 24.0 Å². The smallest absolute Gasteiger partial charge is 0.344 e. The van der Waals surface area contributed by atoms with Crippen LogP contribution in [0.5, 0.6) is 17.2 Å². The molecule has 0 bridgehead atoms.